The lowest BCUT2D eigenvalue weighted by atomic mass is 10.2. The molecule has 0 aromatic carbocycles. The van der Waals surface area contributed by atoms with E-state index in [4.69, 9.17) is 5.73 Å². The monoisotopic (exact) mass is 236 g/mol. The fourth-order valence-electron chi connectivity index (χ4n) is 1.57. The van der Waals surface area contributed by atoms with E-state index in [0.717, 1.165) is 38.2 Å². The molecule has 0 atom stereocenters. The number of aromatic amines is 1. The van der Waals surface area contributed by atoms with Crippen molar-refractivity contribution >= 4 is 11.5 Å². The van der Waals surface area contributed by atoms with Crippen molar-refractivity contribution in [1.29, 1.82) is 0 Å². The molecule has 7 heteroatoms. The zero-order chi connectivity index (χ0) is 12.1. The highest BCUT2D eigenvalue weighted by Gasteiger charge is 2.01. The highest BCUT2D eigenvalue weighted by atomic mass is 16.1. The van der Waals surface area contributed by atoms with Crippen molar-refractivity contribution in [3.05, 3.63) is 22.9 Å². The molecule has 92 valence electrons. The lowest BCUT2D eigenvalue weighted by molar-refractivity contribution is 0.706. The summed E-state index contributed by atoms with van der Waals surface area (Å²) >= 11 is 0. The van der Waals surface area contributed by atoms with Gasteiger partial charge in [-0.25, -0.2) is 19.3 Å². The Morgan fingerprint density at radius 2 is 2.29 bits per heavy atom. The number of nitrogens with zero attached hydrogens (tertiary/aromatic N) is 3. The van der Waals surface area contributed by atoms with Crippen molar-refractivity contribution in [3.63, 3.8) is 0 Å². The van der Waals surface area contributed by atoms with E-state index in [1.807, 2.05) is 0 Å². The Labute approximate surface area is 98.1 Å². The van der Waals surface area contributed by atoms with Crippen LogP contribution in [0.25, 0.3) is 5.65 Å². The van der Waals surface area contributed by atoms with E-state index in [0.29, 0.717) is 5.65 Å². The maximum Gasteiger partial charge on any atom is 0.348 e. The molecule has 2 aromatic heterocycles. The molecule has 0 fully saturated rings. The summed E-state index contributed by atoms with van der Waals surface area (Å²) in [5.41, 5.74) is 5.70. The predicted molar refractivity (Wildman–Crippen MR) is 65.0 cm³/mol. The van der Waals surface area contributed by atoms with Crippen LogP contribution in [0.3, 0.4) is 0 Å². The molecule has 0 saturated carbocycles. The molecule has 0 saturated heterocycles. The number of fused-ring (bicyclic) bond motifs is 1. The molecule has 2 heterocycles. The number of rotatable bonds is 6. The summed E-state index contributed by atoms with van der Waals surface area (Å²) in [5.74, 6) is 0.726. The van der Waals surface area contributed by atoms with E-state index in [2.05, 4.69) is 20.5 Å². The summed E-state index contributed by atoms with van der Waals surface area (Å²) in [5, 5.41) is 9.41. The fourth-order valence-corrected chi connectivity index (χ4v) is 1.57. The molecule has 2 aromatic rings. The summed E-state index contributed by atoms with van der Waals surface area (Å²) in [6, 6.07) is 1.74. The van der Waals surface area contributed by atoms with E-state index in [1.165, 1.54) is 10.7 Å². The lowest BCUT2D eigenvalue weighted by Gasteiger charge is -2.04. The zero-order valence-electron chi connectivity index (χ0n) is 9.52. The van der Waals surface area contributed by atoms with Crippen LogP contribution in [-0.4, -0.2) is 32.7 Å². The molecule has 0 bridgehead atoms. The Hall–Kier alpha value is -1.89. The number of aromatic nitrogens is 4. The summed E-state index contributed by atoms with van der Waals surface area (Å²) in [6.45, 7) is 1.58. The van der Waals surface area contributed by atoms with Crippen molar-refractivity contribution in [2.45, 2.75) is 19.3 Å². The first kappa shape index (κ1) is 11.6. The molecule has 0 spiro atoms. The first-order valence-electron chi connectivity index (χ1n) is 5.68. The summed E-state index contributed by atoms with van der Waals surface area (Å²) in [4.78, 5) is 15.3. The zero-order valence-corrected chi connectivity index (χ0v) is 9.52. The van der Waals surface area contributed by atoms with Crippen LogP contribution in [-0.2, 0) is 0 Å². The summed E-state index contributed by atoms with van der Waals surface area (Å²) < 4.78 is 1.36. The molecule has 0 aliphatic rings. The molecule has 0 amide bonds. The number of H-pyrrole nitrogens is 1. The normalized spacial score (nSPS) is 10.9. The average molecular weight is 236 g/mol. The molecular formula is C10H16N6O. The van der Waals surface area contributed by atoms with Crippen LogP contribution >= 0.6 is 0 Å². The van der Waals surface area contributed by atoms with Crippen molar-refractivity contribution in [1.82, 2.24) is 19.6 Å². The van der Waals surface area contributed by atoms with Gasteiger partial charge in [0.1, 0.15) is 12.1 Å². The fraction of sp³-hybridized carbons (Fsp3) is 0.500. The second-order valence-corrected chi connectivity index (χ2v) is 3.81. The smallest absolute Gasteiger partial charge is 0.348 e. The number of nitrogens with two attached hydrogens (primary N) is 1. The van der Waals surface area contributed by atoms with Gasteiger partial charge in [0.25, 0.3) is 0 Å². The molecule has 17 heavy (non-hydrogen) atoms. The SMILES string of the molecule is NCCCCCNc1cc2n[nH]c(=O)n2cn1. The van der Waals surface area contributed by atoms with E-state index in [9.17, 15) is 4.79 Å². The van der Waals surface area contributed by atoms with Gasteiger partial charge in [-0.2, -0.15) is 5.10 Å². The summed E-state index contributed by atoms with van der Waals surface area (Å²) in [7, 11) is 0. The van der Waals surface area contributed by atoms with E-state index in [-0.39, 0.29) is 5.69 Å². The van der Waals surface area contributed by atoms with E-state index < -0.39 is 0 Å². The highest BCUT2D eigenvalue weighted by molar-refractivity contribution is 5.48. The van der Waals surface area contributed by atoms with Crippen LogP contribution in [0.1, 0.15) is 19.3 Å². The molecule has 7 nitrogen and oxygen atoms in total. The number of hydrogen-bond acceptors (Lipinski definition) is 5. The number of unbranched alkanes of at least 4 members (excludes halogenated alkanes) is 2. The molecule has 0 aliphatic carbocycles. The molecule has 0 unspecified atom stereocenters. The maximum atomic E-state index is 11.2. The Balaban J connectivity index is 1.93. The summed E-state index contributed by atoms with van der Waals surface area (Å²) in [6.07, 6.45) is 4.66. The number of hydrogen-bond donors (Lipinski definition) is 3. The Morgan fingerprint density at radius 3 is 3.12 bits per heavy atom. The second-order valence-electron chi connectivity index (χ2n) is 3.81. The van der Waals surface area contributed by atoms with Gasteiger partial charge in [-0.15, -0.1) is 0 Å². The lowest BCUT2D eigenvalue weighted by Crippen LogP contribution is -2.10. The van der Waals surface area contributed by atoms with Crippen molar-refractivity contribution < 1.29 is 0 Å². The number of anilines is 1. The average Bonchev–Trinajstić information content (AvgIpc) is 2.71. The van der Waals surface area contributed by atoms with Gasteiger partial charge in [0.15, 0.2) is 5.65 Å². The van der Waals surface area contributed by atoms with Crippen molar-refractivity contribution in [3.8, 4) is 0 Å². The minimum atomic E-state index is -0.276. The first-order chi connectivity index (χ1) is 8.31. The van der Waals surface area contributed by atoms with Crippen molar-refractivity contribution in [2.24, 2.45) is 5.73 Å². The van der Waals surface area contributed by atoms with Gasteiger partial charge in [-0.05, 0) is 19.4 Å². The van der Waals surface area contributed by atoms with Crippen molar-refractivity contribution in [2.75, 3.05) is 18.4 Å². The Kier molecular flexibility index (Phi) is 3.71. The number of nitrogens with one attached hydrogen (secondary N) is 2. The largest absolute Gasteiger partial charge is 0.370 e. The van der Waals surface area contributed by atoms with Crippen LogP contribution in [0.2, 0.25) is 0 Å². The predicted octanol–water partition coefficient (Wildman–Crippen LogP) is -0.0415. The Morgan fingerprint density at radius 1 is 1.41 bits per heavy atom. The van der Waals surface area contributed by atoms with E-state index in [1.54, 1.807) is 6.07 Å². The first-order valence-corrected chi connectivity index (χ1v) is 5.68. The van der Waals surface area contributed by atoms with E-state index >= 15 is 0 Å². The van der Waals surface area contributed by atoms with Crippen LogP contribution < -0.4 is 16.7 Å². The molecule has 2 rings (SSSR count). The van der Waals surface area contributed by atoms with Crippen LogP contribution in [0.5, 0.6) is 0 Å². The molecular weight excluding hydrogens is 220 g/mol. The molecule has 0 aliphatic heterocycles. The topological polar surface area (TPSA) is 101 Å². The van der Waals surface area contributed by atoms with Crippen LogP contribution in [0.15, 0.2) is 17.2 Å². The van der Waals surface area contributed by atoms with Gasteiger partial charge in [0.05, 0.1) is 0 Å². The Bertz CT molecular complexity index is 531. The van der Waals surface area contributed by atoms with Gasteiger partial charge in [-0.1, -0.05) is 6.42 Å². The maximum absolute atomic E-state index is 11.2. The minimum absolute atomic E-state index is 0.276. The molecule has 4 N–H and O–H groups in total. The molecule has 0 radical (unpaired) electrons. The standard InChI is InChI=1S/C10H16N6O/c11-4-2-1-3-5-12-8-6-9-14-15-10(17)16(9)7-13-8/h6-7,12H,1-5,11H2,(H,15,17). The third-order valence-corrected chi connectivity index (χ3v) is 2.50. The van der Waals surface area contributed by atoms with Gasteiger partial charge in [-0.3, -0.25) is 0 Å². The quantitative estimate of drug-likeness (QED) is 0.611. The third-order valence-electron chi connectivity index (χ3n) is 2.50. The van der Waals surface area contributed by atoms with Gasteiger partial charge >= 0.3 is 5.69 Å². The van der Waals surface area contributed by atoms with Gasteiger partial charge in [0, 0.05) is 12.6 Å². The van der Waals surface area contributed by atoms with Gasteiger partial charge in [0.2, 0.25) is 0 Å². The van der Waals surface area contributed by atoms with Gasteiger partial charge < -0.3 is 11.1 Å². The highest BCUT2D eigenvalue weighted by Crippen LogP contribution is 2.04. The second kappa shape index (κ2) is 5.44. The van der Waals surface area contributed by atoms with Crippen LogP contribution in [0, 0.1) is 0 Å². The minimum Gasteiger partial charge on any atom is -0.370 e. The van der Waals surface area contributed by atoms with Crippen LogP contribution in [0.4, 0.5) is 5.82 Å². The third kappa shape index (κ3) is 2.82.